The maximum absolute atomic E-state index is 12.3. The summed E-state index contributed by atoms with van der Waals surface area (Å²) < 4.78 is 5.35. The van der Waals surface area contributed by atoms with E-state index in [1.54, 1.807) is 6.26 Å². The van der Waals surface area contributed by atoms with Crippen LogP contribution in [0.4, 0.5) is 5.69 Å². The smallest absolute Gasteiger partial charge is 0.228 e. The van der Waals surface area contributed by atoms with Gasteiger partial charge in [0.05, 0.1) is 23.2 Å². The summed E-state index contributed by atoms with van der Waals surface area (Å²) in [6.45, 7) is 1.75. The Morgan fingerprint density at radius 3 is 2.88 bits per heavy atom. The van der Waals surface area contributed by atoms with Gasteiger partial charge in [0.25, 0.3) is 0 Å². The molecule has 0 bridgehead atoms. The van der Waals surface area contributed by atoms with E-state index in [0.717, 1.165) is 42.7 Å². The summed E-state index contributed by atoms with van der Waals surface area (Å²) in [7, 11) is 0. The molecule has 0 spiro atoms. The number of imidazole rings is 1. The number of carbonyl (C=O) groups is 1. The second-order valence-electron chi connectivity index (χ2n) is 5.83. The first-order chi connectivity index (χ1) is 11.3. The van der Waals surface area contributed by atoms with Crippen LogP contribution in [0.2, 0.25) is 0 Å². The lowest BCUT2D eigenvalue weighted by atomic mass is 9.99. The lowest BCUT2D eigenvalue weighted by Crippen LogP contribution is -2.37. The highest BCUT2D eigenvalue weighted by Gasteiger charge is 2.21. The molecule has 1 unspecified atom stereocenters. The van der Waals surface area contributed by atoms with Gasteiger partial charge in [0.15, 0.2) is 11.6 Å². The SMILES string of the molecule is Cl.Cl.O=C(Nc1ccc2nc(-c3ccco3)[nH]c2c1)C1CCCNC1. The number of aromatic amines is 1. The van der Waals surface area contributed by atoms with Crippen LogP contribution in [0.15, 0.2) is 41.0 Å². The lowest BCUT2D eigenvalue weighted by molar-refractivity contribution is -0.120. The maximum Gasteiger partial charge on any atom is 0.228 e. The van der Waals surface area contributed by atoms with Crippen LogP contribution in [0.1, 0.15) is 12.8 Å². The fourth-order valence-electron chi connectivity index (χ4n) is 2.94. The van der Waals surface area contributed by atoms with Gasteiger partial charge in [0.1, 0.15) is 0 Å². The Balaban J connectivity index is 0.00000113. The standard InChI is InChI=1S/C17H18N4O2.2ClH/c22-17(11-3-1-7-18-10-11)19-12-5-6-13-14(9-12)21-16(20-13)15-4-2-8-23-15;;/h2,4-6,8-9,11,18H,1,3,7,10H2,(H,19,22)(H,20,21);2*1H. The molecule has 6 nitrogen and oxygen atoms in total. The molecule has 25 heavy (non-hydrogen) atoms. The Morgan fingerprint density at radius 2 is 2.16 bits per heavy atom. The van der Waals surface area contributed by atoms with Gasteiger partial charge in [-0.05, 0) is 49.7 Å². The van der Waals surface area contributed by atoms with E-state index in [2.05, 4.69) is 20.6 Å². The molecule has 1 atom stereocenters. The van der Waals surface area contributed by atoms with E-state index < -0.39 is 0 Å². The van der Waals surface area contributed by atoms with Gasteiger partial charge >= 0.3 is 0 Å². The third kappa shape index (κ3) is 4.15. The number of benzene rings is 1. The first kappa shape index (κ1) is 19.3. The van der Waals surface area contributed by atoms with E-state index >= 15 is 0 Å². The van der Waals surface area contributed by atoms with Crippen LogP contribution in [0.25, 0.3) is 22.6 Å². The zero-order chi connectivity index (χ0) is 15.6. The summed E-state index contributed by atoms with van der Waals surface area (Å²) in [5.41, 5.74) is 2.49. The van der Waals surface area contributed by atoms with Crippen molar-refractivity contribution in [1.82, 2.24) is 15.3 Å². The summed E-state index contributed by atoms with van der Waals surface area (Å²) in [6, 6.07) is 9.36. The van der Waals surface area contributed by atoms with Crippen molar-refractivity contribution in [3.05, 3.63) is 36.6 Å². The van der Waals surface area contributed by atoms with Crippen LogP contribution in [-0.4, -0.2) is 29.0 Å². The quantitative estimate of drug-likeness (QED) is 0.645. The number of furan rings is 1. The number of hydrogen-bond acceptors (Lipinski definition) is 4. The molecule has 1 aromatic carbocycles. The number of halogens is 2. The number of nitrogens with one attached hydrogen (secondary N) is 3. The minimum absolute atomic E-state index is 0. The Hall–Kier alpha value is -2.02. The zero-order valence-electron chi connectivity index (χ0n) is 13.5. The Labute approximate surface area is 157 Å². The molecule has 2 aromatic heterocycles. The number of nitrogens with zero attached hydrogens (tertiary/aromatic N) is 1. The number of rotatable bonds is 3. The topological polar surface area (TPSA) is 83.0 Å². The van der Waals surface area contributed by atoms with E-state index in [4.69, 9.17) is 4.42 Å². The number of piperidine rings is 1. The molecule has 1 fully saturated rings. The van der Waals surface area contributed by atoms with Crippen molar-refractivity contribution in [2.24, 2.45) is 5.92 Å². The van der Waals surface area contributed by atoms with Crippen molar-refractivity contribution >= 4 is 47.4 Å². The summed E-state index contributed by atoms with van der Waals surface area (Å²) in [6.07, 6.45) is 3.60. The molecule has 1 saturated heterocycles. The Bertz CT molecular complexity index is 826. The van der Waals surface area contributed by atoms with Crippen LogP contribution in [0.3, 0.4) is 0 Å². The highest BCUT2D eigenvalue weighted by Crippen LogP contribution is 2.23. The largest absolute Gasteiger partial charge is 0.461 e. The number of carbonyl (C=O) groups excluding carboxylic acids is 1. The Morgan fingerprint density at radius 1 is 1.28 bits per heavy atom. The number of aromatic nitrogens is 2. The van der Waals surface area contributed by atoms with E-state index in [9.17, 15) is 4.79 Å². The maximum atomic E-state index is 12.3. The number of fused-ring (bicyclic) bond motifs is 1. The molecule has 8 heteroatoms. The third-order valence-corrected chi connectivity index (χ3v) is 4.17. The highest BCUT2D eigenvalue weighted by atomic mass is 35.5. The lowest BCUT2D eigenvalue weighted by Gasteiger charge is -2.21. The predicted octanol–water partition coefficient (Wildman–Crippen LogP) is 3.60. The van der Waals surface area contributed by atoms with Gasteiger partial charge in [-0.1, -0.05) is 0 Å². The molecule has 1 aliphatic rings. The first-order valence-corrected chi connectivity index (χ1v) is 7.85. The molecule has 3 aromatic rings. The molecule has 1 aliphatic heterocycles. The van der Waals surface area contributed by atoms with Crippen LogP contribution in [0, 0.1) is 5.92 Å². The van der Waals surface area contributed by atoms with E-state index in [0.29, 0.717) is 11.6 Å². The van der Waals surface area contributed by atoms with Gasteiger partial charge in [-0.25, -0.2) is 4.98 Å². The highest BCUT2D eigenvalue weighted by molar-refractivity contribution is 5.95. The van der Waals surface area contributed by atoms with Gasteiger partial charge in [-0.3, -0.25) is 4.79 Å². The van der Waals surface area contributed by atoms with Gasteiger partial charge in [-0.15, -0.1) is 24.8 Å². The van der Waals surface area contributed by atoms with Crippen LogP contribution in [-0.2, 0) is 4.79 Å². The average molecular weight is 383 g/mol. The molecule has 0 saturated carbocycles. The fourth-order valence-corrected chi connectivity index (χ4v) is 2.94. The second kappa shape index (κ2) is 8.38. The number of hydrogen-bond donors (Lipinski definition) is 3. The summed E-state index contributed by atoms with van der Waals surface area (Å²) in [4.78, 5) is 20.0. The van der Waals surface area contributed by atoms with Crippen LogP contribution < -0.4 is 10.6 Å². The predicted molar refractivity (Wildman–Crippen MR) is 103 cm³/mol. The fraction of sp³-hybridized carbons (Fsp3) is 0.294. The molecule has 1 amide bonds. The van der Waals surface area contributed by atoms with E-state index in [1.807, 2.05) is 30.3 Å². The second-order valence-corrected chi connectivity index (χ2v) is 5.83. The number of amides is 1. The van der Waals surface area contributed by atoms with Gasteiger partial charge < -0.3 is 20.0 Å². The molecular formula is C17H20Cl2N4O2. The molecule has 0 aliphatic carbocycles. The van der Waals surface area contributed by atoms with Crippen LogP contribution in [0.5, 0.6) is 0 Å². The molecule has 4 rings (SSSR count). The van der Waals surface area contributed by atoms with Gasteiger partial charge in [-0.2, -0.15) is 0 Å². The Kier molecular flexibility index (Phi) is 6.47. The van der Waals surface area contributed by atoms with E-state index in [-0.39, 0.29) is 36.6 Å². The number of H-pyrrole nitrogens is 1. The van der Waals surface area contributed by atoms with E-state index in [1.165, 1.54) is 0 Å². The molecule has 0 radical (unpaired) electrons. The van der Waals surface area contributed by atoms with Crippen molar-refractivity contribution in [3.63, 3.8) is 0 Å². The minimum Gasteiger partial charge on any atom is -0.461 e. The third-order valence-electron chi connectivity index (χ3n) is 4.17. The molecule has 3 N–H and O–H groups in total. The van der Waals surface area contributed by atoms with Crippen LogP contribution >= 0.6 is 24.8 Å². The monoisotopic (exact) mass is 382 g/mol. The molecular weight excluding hydrogens is 363 g/mol. The van der Waals surface area contributed by atoms with Crippen molar-refractivity contribution in [2.45, 2.75) is 12.8 Å². The van der Waals surface area contributed by atoms with Crippen molar-refractivity contribution < 1.29 is 9.21 Å². The van der Waals surface area contributed by atoms with Gasteiger partial charge in [0.2, 0.25) is 5.91 Å². The first-order valence-electron chi connectivity index (χ1n) is 7.85. The summed E-state index contributed by atoms with van der Waals surface area (Å²) in [5.74, 6) is 1.49. The van der Waals surface area contributed by atoms with Crippen molar-refractivity contribution in [3.8, 4) is 11.6 Å². The molecule has 3 heterocycles. The molecule has 134 valence electrons. The average Bonchev–Trinajstić information content (AvgIpc) is 3.24. The van der Waals surface area contributed by atoms with Crippen molar-refractivity contribution in [1.29, 1.82) is 0 Å². The minimum atomic E-state index is 0. The summed E-state index contributed by atoms with van der Waals surface area (Å²) in [5, 5.41) is 6.26. The number of anilines is 1. The van der Waals surface area contributed by atoms with Gasteiger partial charge in [0, 0.05) is 12.2 Å². The zero-order valence-corrected chi connectivity index (χ0v) is 15.1. The van der Waals surface area contributed by atoms with Crippen molar-refractivity contribution in [2.75, 3.05) is 18.4 Å². The summed E-state index contributed by atoms with van der Waals surface area (Å²) >= 11 is 0. The normalized spacial score (nSPS) is 16.7.